The van der Waals surface area contributed by atoms with E-state index in [9.17, 15) is 18.4 Å². The summed E-state index contributed by atoms with van der Waals surface area (Å²) < 4.78 is 31.0. The van der Waals surface area contributed by atoms with Crippen LogP contribution in [0.2, 0.25) is 0 Å². The van der Waals surface area contributed by atoms with Crippen LogP contribution in [0.15, 0.2) is 51.7 Å². The molecule has 0 saturated heterocycles. The molecule has 2 heterocycles. The van der Waals surface area contributed by atoms with E-state index in [1.54, 1.807) is 23.0 Å². The number of carbonyl (C=O) groups is 1. The molecule has 1 amide bonds. The van der Waals surface area contributed by atoms with Crippen LogP contribution < -0.4 is 10.9 Å². The number of hydrogen-bond donors (Lipinski definition) is 1. The van der Waals surface area contributed by atoms with Gasteiger partial charge in [-0.1, -0.05) is 12.1 Å². The van der Waals surface area contributed by atoms with Crippen molar-refractivity contribution in [3.8, 4) is 0 Å². The molecular formula is C20H15BrF2N4O2. The average Bonchev–Trinajstić information content (AvgIpc) is 2.98. The maximum Gasteiger partial charge on any atom is 0.273 e. The van der Waals surface area contributed by atoms with E-state index < -0.39 is 23.6 Å². The molecule has 2 aromatic carbocycles. The molecule has 0 unspecified atom stereocenters. The van der Waals surface area contributed by atoms with Crippen molar-refractivity contribution in [1.29, 1.82) is 0 Å². The molecule has 1 N–H and O–H groups in total. The van der Waals surface area contributed by atoms with Crippen molar-refractivity contribution < 1.29 is 13.6 Å². The van der Waals surface area contributed by atoms with Crippen LogP contribution in [-0.2, 0) is 4.79 Å². The lowest BCUT2D eigenvalue weighted by Gasteiger charge is -2.19. The number of halogens is 3. The molecule has 4 rings (SSSR count). The second kappa shape index (κ2) is 7.07. The molecule has 2 aromatic heterocycles. The van der Waals surface area contributed by atoms with Gasteiger partial charge in [-0.25, -0.2) is 13.3 Å². The van der Waals surface area contributed by atoms with Crippen molar-refractivity contribution in [3.05, 3.63) is 74.6 Å². The summed E-state index contributed by atoms with van der Waals surface area (Å²) in [4.78, 5) is 29.0. The fourth-order valence-electron chi connectivity index (χ4n) is 3.39. The predicted octanol–water partition coefficient (Wildman–Crippen LogP) is 4.20. The number of fused-ring (bicyclic) bond motifs is 3. The SMILES string of the molecule is Cc1cc(=O)nc2c3ccccc3n([C@H](C)C(=O)Nc3c(F)cc(F)cc3Br)n12. The second-order valence-electron chi connectivity index (χ2n) is 6.64. The molecule has 0 fully saturated rings. The zero-order valence-corrected chi connectivity index (χ0v) is 17.0. The van der Waals surface area contributed by atoms with Gasteiger partial charge in [-0.2, -0.15) is 4.98 Å². The molecule has 148 valence electrons. The Balaban J connectivity index is 1.86. The molecule has 0 spiro atoms. The third-order valence-corrected chi connectivity index (χ3v) is 5.32. The first-order chi connectivity index (χ1) is 13.8. The van der Waals surface area contributed by atoms with Crippen LogP contribution in [0.25, 0.3) is 16.6 Å². The summed E-state index contributed by atoms with van der Waals surface area (Å²) in [7, 11) is 0. The number of nitrogens with zero attached hydrogens (tertiary/aromatic N) is 3. The molecule has 1 atom stereocenters. The van der Waals surface area contributed by atoms with Crippen molar-refractivity contribution >= 4 is 44.1 Å². The first-order valence-corrected chi connectivity index (χ1v) is 9.52. The standard InChI is InChI=1S/C20H15BrF2N4O2/c1-10-7-17(28)24-19-13-5-3-4-6-16(13)27(26(10)19)11(2)20(29)25-18-14(21)8-12(22)9-15(18)23/h3-9,11H,1-2H3,(H,25,29)/t11-/m1/s1. The van der Waals surface area contributed by atoms with E-state index in [1.807, 2.05) is 24.3 Å². The Kier molecular flexibility index (Phi) is 4.70. The van der Waals surface area contributed by atoms with Crippen LogP contribution >= 0.6 is 15.9 Å². The highest BCUT2D eigenvalue weighted by atomic mass is 79.9. The Labute approximate surface area is 171 Å². The molecule has 0 aliphatic rings. The summed E-state index contributed by atoms with van der Waals surface area (Å²) >= 11 is 3.07. The molecule has 0 saturated carbocycles. The van der Waals surface area contributed by atoms with Gasteiger partial charge in [0.25, 0.3) is 5.56 Å². The third-order valence-electron chi connectivity index (χ3n) is 4.69. The van der Waals surface area contributed by atoms with E-state index in [1.165, 1.54) is 6.07 Å². The molecule has 0 radical (unpaired) electrons. The van der Waals surface area contributed by atoms with Crippen LogP contribution in [0.4, 0.5) is 14.5 Å². The first kappa shape index (κ1) is 19.3. The number of aromatic nitrogens is 3. The van der Waals surface area contributed by atoms with Gasteiger partial charge in [0.15, 0.2) is 11.5 Å². The Morgan fingerprint density at radius 2 is 1.93 bits per heavy atom. The fraction of sp³-hybridized carbons (Fsp3) is 0.150. The topological polar surface area (TPSA) is 68.4 Å². The summed E-state index contributed by atoms with van der Waals surface area (Å²) in [6.07, 6.45) is 0. The van der Waals surface area contributed by atoms with E-state index >= 15 is 0 Å². The summed E-state index contributed by atoms with van der Waals surface area (Å²) in [5.41, 5.74) is 1.20. The number of carbonyl (C=O) groups excluding carboxylic acids is 1. The number of aryl methyl sites for hydroxylation is 1. The zero-order valence-electron chi connectivity index (χ0n) is 15.4. The number of para-hydroxylation sites is 1. The number of nitrogens with one attached hydrogen (secondary N) is 1. The van der Waals surface area contributed by atoms with Crippen LogP contribution in [0.5, 0.6) is 0 Å². The van der Waals surface area contributed by atoms with E-state index in [0.717, 1.165) is 6.07 Å². The smallest absolute Gasteiger partial charge is 0.273 e. The molecule has 0 bridgehead atoms. The quantitative estimate of drug-likeness (QED) is 0.498. The minimum atomic E-state index is -0.888. The van der Waals surface area contributed by atoms with Crippen molar-refractivity contribution in [1.82, 2.24) is 14.2 Å². The summed E-state index contributed by atoms with van der Waals surface area (Å²) in [6.45, 7) is 3.39. The highest BCUT2D eigenvalue weighted by Gasteiger charge is 2.24. The lowest BCUT2D eigenvalue weighted by molar-refractivity contribution is -0.119. The molecule has 4 aromatic rings. The van der Waals surface area contributed by atoms with Gasteiger partial charge in [0.1, 0.15) is 11.9 Å². The number of benzene rings is 2. The second-order valence-corrected chi connectivity index (χ2v) is 7.50. The van der Waals surface area contributed by atoms with Crippen LogP contribution in [0, 0.1) is 18.6 Å². The van der Waals surface area contributed by atoms with Crippen molar-refractivity contribution in [2.45, 2.75) is 19.9 Å². The molecule has 9 heteroatoms. The Hall–Kier alpha value is -3.07. The van der Waals surface area contributed by atoms with E-state index in [4.69, 9.17) is 0 Å². The fourth-order valence-corrected chi connectivity index (χ4v) is 3.90. The van der Waals surface area contributed by atoms with Gasteiger partial charge >= 0.3 is 0 Å². The Morgan fingerprint density at radius 3 is 2.66 bits per heavy atom. The monoisotopic (exact) mass is 460 g/mol. The first-order valence-electron chi connectivity index (χ1n) is 8.73. The minimum Gasteiger partial charge on any atom is -0.321 e. The number of amides is 1. The molecule has 29 heavy (non-hydrogen) atoms. The van der Waals surface area contributed by atoms with Gasteiger partial charge in [0, 0.05) is 27.7 Å². The largest absolute Gasteiger partial charge is 0.321 e. The maximum atomic E-state index is 14.2. The van der Waals surface area contributed by atoms with Crippen molar-refractivity contribution in [2.75, 3.05) is 5.32 Å². The number of hydrogen-bond acceptors (Lipinski definition) is 3. The lowest BCUT2D eigenvalue weighted by atomic mass is 10.2. The Bertz CT molecular complexity index is 1320. The lowest BCUT2D eigenvalue weighted by Crippen LogP contribution is -2.27. The molecule has 0 aliphatic carbocycles. The number of anilines is 1. The van der Waals surface area contributed by atoms with Gasteiger partial charge < -0.3 is 5.32 Å². The van der Waals surface area contributed by atoms with Crippen LogP contribution in [0.1, 0.15) is 18.7 Å². The highest BCUT2D eigenvalue weighted by molar-refractivity contribution is 9.10. The molecular weight excluding hydrogens is 446 g/mol. The summed E-state index contributed by atoms with van der Waals surface area (Å²) in [5, 5.41) is 3.22. The van der Waals surface area contributed by atoms with Crippen molar-refractivity contribution in [2.24, 2.45) is 0 Å². The number of rotatable bonds is 3. The predicted molar refractivity (Wildman–Crippen MR) is 109 cm³/mol. The van der Waals surface area contributed by atoms with Crippen molar-refractivity contribution in [3.63, 3.8) is 0 Å². The van der Waals surface area contributed by atoms with E-state index in [2.05, 4.69) is 26.2 Å². The van der Waals surface area contributed by atoms with Crippen LogP contribution in [-0.4, -0.2) is 20.1 Å². The normalized spacial score (nSPS) is 12.4. The highest BCUT2D eigenvalue weighted by Crippen LogP contribution is 2.29. The molecule has 0 aliphatic heterocycles. The van der Waals surface area contributed by atoms with Gasteiger partial charge in [-0.3, -0.25) is 14.3 Å². The van der Waals surface area contributed by atoms with Gasteiger partial charge in [0.2, 0.25) is 5.91 Å². The zero-order chi connectivity index (χ0) is 20.9. The van der Waals surface area contributed by atoms with Gasteiger partial charge in [0.05, 0.1) is 11.2 Å². The molecule has 6 nitrogen and oxygen atoms in total. The van der Waals surface area contributed by atoms with Crippen LogP contribution in [0.3, 0.4) is 0 Å². The summed E-state index contributed by atoms with van der Waals surface area (Å²) in [5.74, 6) is -2.16. The third kappa shape index (κ3) is 3.21. The van der Waals surface area contributed by atoms with E-state index in [-0.39, 0.29) is 15.7 Å². The Morgan fingerprint density at radius 1 is 1.21 bits per heavy atom. The van der Waals surface area contributed by atoms with E-state index in [0.29, 0.717) is 28.3 Å². The maximum absolute atomic E-state index is 14.2. The average molecular weight is 461 g/mol. The van der Waals surface area contributed by atoms with Gasteiger partial charge in [-0.05, 0) is 48.0 Å². The van der Waals surface area contributed by atoms with Gasteiger partial charge in [-0.15, -0.1) is 0 Å². The summed E-state index contributed by atoms with van der Waals surface area (Å²) in [6, 6.07) is 9.61. The minimum absolute atomic E-state index is 0.0965.